The summed E-state index contributed by atoms with van der Waals surface area (Å²) in [5.41, 5.74) is 4.21. The minimum absolute atomic E-state index is 0.0190. The lowest BCUT2D eigenvalue weighted by atomic mass is 9.49. The zero-order chi connectivity index (χ0) is 33.2. The highest BCUT2D eigenvalue weighted by Gasteiger charge is 2.72. The van der Waals surface area contributed by atoms with Gasteiger partial charge >= 0.3 is 0 Å². The van der Waals surface area contributed by atoms with E-state index in [1.807, 2.05) is 18.2 Å². The van der Waals surface area contributed by atoms with Crippen molar-refractivity contribution in [3.05, 3.63) is 59.2 Å². The Morgan fingerprint density at radius 3 is 2.30 bits per heavy atom. The van der Waals surface area contributed by atoms with E-state index in [4.69, 9.17) is 5.73 Å². The number of nitrogens with two attached hydrogens (primary N) is 1. The van der Waals surface area contributed by atoms with Crippen LogP contribution >= 0.6 is 0 Å². The number of aliphatic hydroxyl groups excluding tert-OH is 1. The van der Waals surface area contributed by atoms with E-state index in [-0.39, 0.29) is 17.4 Å². The van der Waals surface area contributed by atoms with E-state index in [9.17, 15) is 39.3 Å². The van der Waals surface area contributed by atoms with Crippen molar-refractivity contribution in [3.63, 3.8) is 0 Å². The Hall–Kier alpha value is -3.97. The van der Waals surface area contributed by atoms with Crippen LogP contribution in [0.15, 0.2) is 42.5 Å². The molecule has 2 aromatic carbocycles. The van der Waals surface area contributed by atoms with Crippen molar-refractivity contribution >= 4 is 34.7 Å². The minimum atomic E-state index is -3.02. The predicted molar refractivity (Wildman–Crippen MR) is 166 cm³/mol. The first-order valence-electron chi connectivity index (χ1n) is 15.7. The molecule has 4 aliphatic rings. The molecule has 1 heterocycles. The molecule has 6 N–H and O–H groups in total. The van der Waals surface area contributed by atoms with Crippen LogP contribution in [0.1, 0.15) is 47.2 Å². The third kappa shape index (κ3) is 4.77. The summed E-state index contributed by atoms with van der Waals surface area (Å²) in [6.45, 7) is 4.20. The topological polar surface area (TPSA) is 191 Å². The third-order valence-corrected chi connectivity index (χ3v) is 10.7. The average Bonchev–Trinajstić information content (AvgIpc) is 3.01. The number of carbonyl (C=O) groups excluding carboxylic acids is 5. The van der Waals surface area contributed by atoms with E-state index >= 15 is 0 Å². The maximum atomic E-state index is 14.2. The third-order valence-electron chi connectivity index (χ3n) is 10.7. The molecule has 3 aliphatic carbocycles. The number of phenolic OH excluding ortho intramolecular Hbond substituents is 1. The summed E-state index contributed by atoms with van der Waals surface area (Å²) in [7, 11) is 2.93. The Bertz CT molecular complexity index is 1600. The summed E-state index contributed by atoms with van der Waals surface area (Å²) in [4.78, 5) is 71.1. The number of aliphatic hydroxyl groups is 2. The van der Waals surface area contributed by atoms with Gasteiger partial charge in [0.1, 0.15) is 5.75 Å². The summed E-state index contributed by atoms with van der Waals surface area (Å²) in [5, 5.41) is 38.4. The number of fused-ring (bicyclic) bond motifs is 3. The summed E-state index contributed by atoms with van der Waals surface area (Å²) in [5.74, 6) is -13.3. The van der Waals surface area contributed by atoms with Crippen molar-refractivity contribution in [1.29, 1.82) is 0 Å². The SMILES string of the molecule is CC1c2ccc(NC3CCN(Cc4ccccc4)CC3)c(O)c2C(=O)C2C(=O)C3(O)C(=O)C(C(N)=O)C(=O)C(N(C)C)C3C(O)C21. The molecule has 0 bridgehead atoms. The van der Waals surface area contributed by atoms with Gasteiger partial charge in [-0.2, -0.15) is 0 Å². The number of phenols is 1. The van der Waals surface area contributed by atoms with Gasteiger partial charge in [-0.3, -0.25) is 33.8 Å². The molecule has 12 heteroatoms. The Morgan fingerprint density at radius 2 is 1.70 bits per heavy atom. The van der Waals surface area contributed by atoms with Crippen LogP contribution in [0.5, 0.6) is 5.75 Å². The van der Waals surface area contributed by atoms with Gasteiger partial charge in [0.25, 0.3) is 0 Å². The normalized spacial score (nSPS) is 33.4. The Balaban J connectivity index is 1.29. The molecule has 2 aromatic rings. The van der Waals surface area contributed by atoms with Crippen LogP contribution in [0.4, 0.5) is 5.69 Å². The van der Waals surface area contributed by atoms with E-state index in [0.29, 0.717) is 11.3 Å². The molecule has 1 aliphatic heterocycles. The highest BCUT2D eigenvalue weighted by Crippen LogP contribution is 2.55. The van der Waals surface area contributed by atoms with Crippen molar-refractivity contribution in [3.8, 4) is 5.75 Å². The molecule has 2 saturated carbocycles. The summed E-state index contributed by atoms with van der Waals surface area (Å²) < 4.78 is 0. The lowest BCUT2D eigenvalue weighted by molar-refractivity contribution is -0.196. The quantitative estimate of drug-likeness (QED) is 0.220. The van der Waals surface area contributed by atoms with E-state index in [1.54, 1.807) is 19.1 Å². The highest BCUT2D eigenvalue weighted by molar-refractivity contribution is 6.32. The second-order valence-corrected chi connectivity index (χ2v) is 13.5. The number of likely N-dealkylation sites (tertiary alicyclic amines) is 1. The smallest absolute Gasteiger partial charge is 0.235 e. The second-order valence-electron chi connectivity index (χ2n) is 13.5. The number of Topliss-reactive ketones (excluding diaryl/α,β-unsaturated/α-hetero) is 4. The second kappa shape index (κ2) is 11.7. The summed E-state index contributed by atoms with van der Waals surface area (Å²) >= 11 is 0. The molecule has 0 radical (unpaired) electrons. The van der Waals surface area contributed by atoms with Crippen LogP contribution < -0.4 is 11.1 Å². The maximum Gasteiger partial charge on any atom is 0.235 e. The molecular formula is C34H40N4O8. The molecule has 8 unspecified atom stereocenters. The van der Waals surface area contributed by atoms with Crippen LogP contribution in [-0.4, -0.2) is 105 Å². The standard InChI is InChI=1S/C34H40N4O8/c1-16-19-9-10-20(36-18-11-13-38(14-12-18)15-17-7-5-4-6-8-17)27(39)22(19)28(40)23-21(16)29(41)25-26(37(2)3)30(42)24(33(35)45)32(44)34(25,46)31(23)43/h4-10,16,18,21,23-26,29,36,39,41,46H,11-15H2,1-3H3,(H2,35,45). The van der Waals surface area contributed by atoms with Gasteiger partial charge in [0.15, 0.2) is 34.7 Å². The number of nitrogens with zero attached hydrogens (tertiary/aromatic N) is 2. The highest BCUT2D eigenvalue weighted by atomic mass is 16.3. The molecule has 0 spiro atoms. The number of amides is 1. The van der Waals surface area contributed by atoms with Crippen LogP contribution in [0.3, 0.4) is 0 Å². The molecule has 3 fully saturated rings. The molecule has 12 nitrogen and oxygen atoms in total. The zero-order valence-corrected chi connectivity index (χ0v) is 26.1. The molecule has 1 saturated heterocycles. The number of hydrogen-bond acceptors (Lipinski definition) is 11. The van der Waals surface area contributed by atoms with E-state index in [2.05, 4.69) is 22.3 Å². The summed E-state index contributed by atoms with van der Waals surface area (Å²) in [6.07, 6.45) is -0.0614. The number of benzene rings is 2. The van der Waals surface area contributed by atoms with Gasteiger partial charge in [0.05, 0.1) is 35.2 Å². The van der Waals surface area contributed by atoms with Crippen molar-refractivity contribution < 1.29 is 39.3 Å². The van der Waals surface area contributed by atoms with Crippen LogP contribution in [0.25, 0.3) is 0 Å². The lowest BCUT2D eigenvalue weighted by Gasteiger charge is -2.56. The fraction of sp³-hybridized carbons (Fsp3) is 0.500. The van der Waals surface area contributed by atoms with Gasteiger partial charge < -0.3 is 26.4 Å². The Labute approximate surface area is 266 Å². The maximum absolute atomic E-state index is 14.2. The van der Waals surface area contributed by atoms with Gasteiger partial charge in [-0.1, -0.05) is 43.3 Å². The van der Waals surface area contributed by atoms with Crippen molar-refractivity contribution in [2.24, 2.45) is 29.4 Å². The molecule has 1 amide bonds. The molecule has 6 rings (SSSR count). The summed E-state index contributed by atoms with van der Waals surface area (Å²) in [6, 6.07) is 12.2. The lowest BCUT2D eigenvalue weighted by Crippen LogP contribution is -2.77. The zero-order valence-electron chi connectivity index (χ0n) is 26.1. The molecule has 8 atom stereocenters. The average molecular weight is 633 g/mol. The number of rotatable bonds is 6. The van der Waals surface area contributed by atoms with Gasteiger partial charge in [-0.05, 0) is 50.0 Å². The van der Waals surface area contributed by atoms with E-state index in [1.165, 1.54) is 24.6 Å². The fourth-order valence-corrected chi connectivity index (χ4v) is 8.40. The predicted octanol–water partition coefficient (Wildman–Crippen LogP) is 0.475. The van der Waals surface area contributed by atoms with Crippen molar-refractivity contribution in [2.45, 2.75) is 56.0 Å². The first-order valence-corrected chi connectivity index (χ1v) is 15.7. The number of anilines is 1. The number of likely N-dealkylation sites (N-methyl/N-ethyl adjacent to an activating group) is 1. The number of primary amides is 1. The van der Waals surface area contributed by atoms with Crippen LogP contribution in [-0.2, 0) is 25.7 Å². The number of hydrogen-bond donors (Lipinski definition) is 5. The monoisotopic (exact) mass is 632 g/mol. The number of aromatic hydroxyl groups is 1. The number of carbonyl (C=O) groups is 5. The first-order chi connectivity index (χ1) is 21.8. The largest absolute Gasteiger partial charge is 0.505 e. The van der Waals surface area contributed by atoms with Gasteiger partial charge in [0, 0.05) is 31.6 Å². The minimum Gasteiger partial charge on any atom is -0.505 e. The fourth-order valence-electron chi connectivity index (χ4n) is 8.40. The number of ketones is 4. The first kappa shape index (κ1) is 32.0. The molecule has 0 aromatic heterocycles. The van der Waals surface area contributed by atoms with Gasteiger partial charge in [0.2, 0.25) is 5.91 Å². The van der Waals surface area contributed by atoms with Crippen molar-refractivity contribution in [2.75, 3.05) is 32.5 Å². The van der Waals surface area contributed by atoms with Crippen molar-refractivity contribution in [1.82, 2.24) is 9.80 Å². The Morgan fingerprint density at radius 1 is 1.04 bits per heavy atom. The van der Waals surface area contributed by atoms with Crippen LogP contribution in [0.2, 0.25) is 0 Å². The molecular weight excluding hydrogens is 592 g/mol. The van der Waals surface area contributed by atoms with Gasteiger partial charge in [-0.15, -0.1) is 0 Å². The molecule has 244 valence electrons. The van der Waals surface area contributed by atoms with E-state index in [0.717, 1.165) is 32.5 Å². The number of nitrogens with one attached hydrogen (secondary N) is 1. The van der Waals surface area contributed by atoms with Gasteiger partial charge in [-0.25, -0.2) is 0 Å². The van der Waals surface area contributed by atoms with Crippen LogP contribution in [0, 0.1) is 23.7 Å². The number of piperidine rings is 1. The Kier molecular flexibility index (Phi) is 8.12. The molecule has 46 heavy (non-hydrogen) atoms. The van der Waals surface area contributed by atoms with E-state index < -0.39 is 76.4 Å².